The summed E-state index contributed by atoms with van der Waals surface area (Å²) in [7, 11) is 0. The molecule has 0 atom stereocenters. The SMILES string of the molecule is O=C(c1nc2cccnn2c1-c1ccc2ncnn2c1)N1CCC1. The fourth-order valence-corrected chi connectivity index (χ4v) is 2.92. The van der Waals surface area contributed by atoms with Gasteiger partial charge in [0.2, 0.25) is 0 Å². The van der Waals surface area contributed by atoms with Crippen molar-refractivity contribution in [1.82, 2.24) is 34.1 Å². The van der Waals surface area contributed by atoms with E-state index < -0.39 is 0 Å². The molecule has 1 aliphatic heterocycles. The maximum Gasteiger partial charge on any atom is 0.274 e. The lowest BCUT2D eigenvalue weighted by Crippen LogP contribution is -2.42. The smallest absolute Gasteiger partial charge is 0.274 e. The summed E-state index contributed by atoms with van der Waals surface area (Å²) < 4.78 is 3.38. The van der Waals surface area contributed by atoms with Crippen LogP contribution >= 0.6 is 0 Å². The van der Waals surface area contributed by atoms with Crippen LogP contribution in [0.3, 0.4) is 0 Å². The highest BCUT2D eigenvalue weighted by Crippen LogP contribution is 2.26. The van der Waals surface area contributed by atoms with E-state index >= 15 is 0 Å². The molecule has 0 spiro atoms. The average Bonchev–Trinajstić information content (AvgIpc) is 3.16. The number of nitrogens with zero attached hydrogens (tertiary/aromatic N) is 7. The van der Waals surface area contributed by atoms with Gasteiger partial charge in [-0.25, -0.2) is 19.0 Å². The van der Waals surface area contributed by atoms with Crippen molar-refractivity contribution in [1.29, 1.82) is 0 Å². The van der Waals surface area contributed by atoms with Crippen molar-refractivity contribution in [3.8, 4) is 11.3 Å². The fourth-order valence-electron chi connectivity index (χ4n) is 2.92. The molecular formula is C16H13N7O. The van der Waals surface area contributed by atoms with Crippen molar-refractivity contribution in [2.75, 3.05) is 13.1 Å². The Bertz CT molecular complexity index is 1080. The lowest BCUT2D eigenvalue weighted by Gasteiger charge is -2.30. The first-order valence-electron chi connectivity index (χ1n) is 7.74. The lowest BCUT2D eigenvalue weighted by atomic mass is 10.1. The molecule has 1 aliphatic rings. The quantitative estimate of drug-likeness (QED) is 0.556. The summed E-state index contributed by atoms with van der Waals surface area (Å²) in [6.07, 6.45) is 6.06. The van der Waals surface area contributed by atoms with Gasteiger partial charge in [0.15, 0.2) is 17.0 Å². The Labute approximate surface area is 136 Å². The lowest BCUT2D eigenvalue weighted by molar-refractivity contribution is 0.0647. The van der Waals surface area contributed by atoms with Gasteiger partial charge in [0, 0.05) is 31.0 Å². The van der Waals surface area contributed by atoms with Crippen LogP contribution in [-0.2, 0) is 0 Å². The zero-order valence-electron chi connectivity index (χ0n) is 12.7. The van der Waals surface area contributed by atoms with Gasteiger partial charge in [0.05, 0.1) is 0 Å². The van der Waals surface area contributed by atoms with Gasteiger partial charge in [-0.3, -0.25) is 4.79 Å². The molecule has 0 N–H and O–H groups in total. The summed E-state index contributed by atoms with van der Waals surface area (Å²) in [4.78, 5) is 23.3. The summed E-state index contributed by atoms with van der Waals surface area (Å²) in [6.45, 7) is 1.56. The second-order valence-electron chi connectivity index (χ2n) is 5.73. The number of imidazole rings is 1. The summed E-state index contributed by atoms with van der Waals surface area (Å²) in [5, 5.41) is 8.54. The van der Waals surface area contributed by atoms with Crippen LogP contribution in [-0.4, -0.2) is 53.1 Å². The van der Waals surface area contributed by atoms with Crippen molar-refractivity contribution in [2.45, 2.75) is 6.42 Å². The zero-order chi connectivity index (χ0) is 16.1. The number of fused-ring (bicyclic) bond motifs is 2. The molecular weight excluding hydrogens is 306 g/mol. The minimum Gasteiger partial charge on any atom is -0.337 e. The van der Waals surface area contributed by atoms with Crippen LogP contribution in [0.1, 0.15) is 16.9 Å². The number of rotatable bonds is 2. The molecule has 0 unspecified atom stereocenters. The molecule has 4 aromatic rings. The van der Waals surface area contributed by atoms with Crippen molar-refractivity contribution in [3.05, 3.63) is 48.7 Å². The van der Waals surface area contributed by atoms with Crippen LogP contribution in [0.2, 0.25) is 0 Å². The van der Waals surface area contributed by atoms with Crippen LogP contribution in [0.25, 0.3) is 22.6 Å². The van der Waals surface area contributed by atoms with Gasteiger partial charge in [0.25, 0.3) is 5.91 Å². The molecule has 0 radical (unpaired) electrons. The molecule has 5 heterocycles. The number of aromatic nitrogens is 6. The maximum absolute atomic E-state index is 12.8. The third-order valence-corrected chi connectivity index (χ3v) is 4.29. The van der Waals surface area contributed by atoms with E-state index in [-0.39, 0.29) is 5.91 Å². The van der Waals surface area contributed by atoms with Crippen molar-refractivity contribution >= 4 is 17.2 Å². The molecule has 1 amide bonds. The van der Waals surface area contributed by atoms with Gasteiger partial charge in [-0.05, 0) is 30.7 Å². The minimum atomic E-state index is -0.0552. The topological polar surface area (TPSA) is 80.7 Å². The normalized spacial score (nSPS) is 14.2. The molecule has 118 valence electrons. The van der Waals surface area contributed by atoms with E-state index in [9.17, 15) is 4.79 Å². The van der Waals surface area contributed by atoms with E-state index in [1.54, 1.807) is 20.1 Å². The summed E-state index contributed by atoms with van der Waals surface area (Å²) >= 11 is 0. The van der Waals surface area contributed by atoms with E-state index in [2.05, 4.69) is 20.2 Å². The average molecular weight is 319 g/mol. The fraction of sp³-hybridized carbons (Fsp3) is 0.188. The highest BCUT2D eigenvalue weighted by Gasteiger charge is 2.28. The molecule has 4 aromatic heterocycles. The second kappa shape index (κ2) is 4.85. The van der Waals surface area contributed by atoms with Crippen molar-refractivity contribution in [2.24, 2.45) is 0 Å². The molecule has 8 nitrogen and oxygen atoms in total. The Balaban J connectivity index is 1.76. The second-order valence-corrected chi connectivity index (χ2v) is 5.73. The molecule has 0 aromatic carbocycles. The van der Waals surface area contributed by atoms with Gasteiger partial charge < -0.3 is 4.90 Å². The summed E-state index contributed by atoms with van der Waals surface area (Å²) in [5.41, 5.74) is 3.32. The maximum atomic E-state index is 12.8. The molecule has 0 saturated carbocycles. The highest BCUT2D eigenvalue weighted by molar-refractivity contribution is 5.99. The first-order chi connectivity index (χ1) is 11.8. The summed E-state index contributed by atoms with van der Waals surface area (Å²) in [5.74, 6) is -0.0552. The highest BCUT2D eigenvalue weighted by atomic mass is 16.2. The number of hydrogen-bond donors (Lipinski definition) is 0. The summed E-state index contributed by atoms with van der Waals surface area (Å²) in [6, 6.07) is 7.43. The largest absolute Gasteiger partial charge is 0.337 e. The van der Waals surface area contributed by atoms with E-state index in [1.165, 1.54) is 6.33 Å². The van der Waals surface area contributed by atoms with E-state index in [0.29, 0.717) is 17.0 Å². The number of hydrogen-bond acceptors (Lipinski definition) is 5. The van der Waals surface area contributed by atoms with Crippen molar-refractivity contribution in [3.63, 3.8) is 0 Å². The van der Waals surface area contributed by atoms with E-state index in [4.69, 9.17) is 0 Å². The van der Waals surface area contributed by atoms with Gasteiger partial charge in [-0.1, -0.05) is 0 Å². The third kappa shape index (κ3) is 1.82. The van der Waals surface area contributed by atoms with Gasteiger partial charge in [0.1, 0.15) is 12.0 Å². The molecule has 8 heteroatoms. The van der Waals surface area contributed by atoms with Gasteiger partial charge in [-0.2, -0.15) is 10.2 Å². The Hall–Kier alpha value is -3.29. The van der Waals surface area contributed by atoms with E-state index in [1.807, 2.05) is 30.5 Å². The van der Waals surface area contributed by atoms with E-state index in [0.717, 1.165) is 30.7 Å². The monoisotopic (exact) mass is 319 g/mol. The van der Waals surface area contributed by atoms with Crippen LogP contribution in [0.5, 0.6) is 0 Å². The predicted octanol–water partition coefficient (Wildman–Crippen LogP) is 1.28. The molecule has 5 rings (SSSR count). The zero-order valence-corrected chi connectivity index (χ0v) is 12.7. The van der Waals surface area contributed by atoms with Crippen molar-refractivity contribution < 1.29 is 4.79 Å². The van der Waals surface area contributed by atoms with Crippen LogP contribution < -0.4 is 0 Å². The molecule has 0 aliphatic carbocycles. The predicted molar refractivity (Wildman–Crippen MR) is 85.5 cm³/mol. The Morgan fingerprint density at radius 3 is 2.83 bits per heavy atom. The number of amides is 1. The number of pyridine rings is 1. The third-order valence-electron chi connectivity index (χ3n) is 4.29. The minimum absolute atomic E-state index is 0.0552. The van der Waals surface area contributed by atoms with Crippen LogP contribution in [0.15, 0.2) is 43.0 Å². The molecule has 24 heavy (non-hydrogen) atoms. The van der Waals surface area contributed by atoms with Gasteiger partial charge >= 0.3 is 0 Å². The first-order valence-corrected chi connectivity index (χ1v) is 7.74. The first kappa shape index (κ1) is 13.2. The van der Waals surface area contributed by atoms with Crippen LogP contribution in [0.4, 0.5) is 0 Å². The Morgan fingerprint density at radius 2 is 2.00 bits per heavy atom. The van der Waals surface area contributed by atoms with Crippen LogP contribution in [0, 0.1) is 0 Å². The molecule has 1 saturated heterocycles. The molecule has 0 bridgehead atoms. The van der Waals surface area contributed by atoms with Gasteiger partial charge in [-0.15, -0.1) is 0 Å². The number of carbonyl (C=O) groups excluding carboxylic acids is 1. The Morgan fingerprint density at radius 1 is 1.08 bits per heavy atom. The standard InChI is InChI=1S/C16H13N7O/c24-16(21-7-2-8-21)14-15(23-13(20-14)3-1-6-18-23)11-4-5-12-17-10-19-22(12)9-11/h1,3-6,9-10H,2,7-8H2. The number of likely N-dealkylation sites (tertiary alicyclic amines) is 1. The number of carbonyl (C=O) groups is 1. The Kier molecular flexibility index (Phi) is 2.66. The molecule has 1 fully saturated rings.